The lowest BCUT2D eigenvalue weighted by molar-refractivity contribution is 0.102. The summed E-state index contributed by atoms with van der Waals surface area (Å²) in [5, 5.41) is 2.81. The maximum atomic E-state index is 12.2. The first-order chi connectivity index (χ1) is 8.97. The zero-order valence-electron chi connectivity index (χ0n) is 9.58. The van der Waals surface area contributed by atoms with Gasteiger partial charge >= 0.3 is 0 Å². The fraction of sp³-hybridized carbons (Fsp3) is 0. The minimum atomic E-state index is -0.181. The van der Waals surface area contributed by atoms with Crippen LogP contribution in [0.3, 0.4) is 0 Å². The van der Waals surface area contributed by atoms with Crippen LogP contribution in [0.2, 0.25) is 0 Å². The standard InChI is InChI=1S/C13H9Br2IN2O/c14-7-1-3-10(16)9(5-7)13(19)18-12-4-2-8(15)6-11(12)17/h1-6H,17H2,(H,18,19). The first-order valence-electron chi connectivity index (χ1n) is 5.29. The molecular weight excluding hydrogens is 487 g/mol. The zero-order valence-corrected chi connectivity index (χ0v) is 14.9. The predicted octanol–water partition coefficient (Wildman–Crippen LogP) is 4.65. The van der Waals surface area contributed by atoms with Gasteiger partial charge in [-0.3, -0.25) is 4.79 Å². The molecule has 0 aliphatic carbocycles. The molecule has 0 saturated carbocycles. The smallest absolute Gasteiger partial charge is 0.256 e. The lowest BCUT2D eigenvalue weighted by Gasteiger charge is -2.10. The van der Waals surface area contributed by atoms with E-state index < -0.39 is 0 Å². The van der Waals surface area contributed by atoms with Crippen LogP contribution in [0, 0.1) is 3.57 Å². The SMILES string of the molecule is Nc1cc(Br)ccc1NC(=O)c1cc(Br)ccc1I. The van der Waals surface area contributed by atoms with Crippen molar-refractivity contribution in [2.24, 2.45) is 0 Å². The Morgan fingerprint density at radius 2 is 1.74 bits per heavy atom. The third-order valence-corrected chi connectivity index (χ3v) is 4.36. The number of rotatable bonds is 2. The Labute approximate surface area is 141 Å². The van der Waals surface area contributed by atoms with Crippen molar-refractivity contribution in [1.82, 2.24) is 0 Å². The van der Waals surface area contributed by atoms with Gasteiger partial charge in [-0.1, -0.05) is 31.9 Å². The minimum absolute atomic E-state index is 0.181. The van der Waals surface area contributed by atoms with Gasteiger partial charge in [0.25, 0.3) is 5.91 Å². The summed E-state index contributed by atoms with van der Waals surface area (Å²) in [5.74, 6) is -0.181. The van der Waals surface area contributed by atoms with Crippen molar-refractivity contribution in [2.45, 2.75) is 0 Å². The van der Waals surface area contributed by atoms with Crippen LogP contribution in [0.4, 0.5) is 11.4 Å². The van der Waals surface area contributed by atoms with Crippen LogP contribution in [-0.4, -0.2) is 5.91 Å². The molecule has 3 N–H and O–H groups in total. The molecule has 0 aliphatic rings. The molecule has 0 radical (unpaired) electrons. The number of nitrogen functional groups attached to an aromatic ring is 1. The van der Waals surface area contributed by atoms with E-state index in [9.17, 15) is 4.79 Å². The van der Waals surface area contributed by atoms with Crippen LogP contribution in [0.1, 0.15) is 10.4 Å². The molecule has 1 amide bonds. The zero-order chi connectivity index (χ0) is 14.0. The van der Waals surface area contributed by atoms with E-state index in [4.69, 9.17) is 5.73 Å². The van der Waals surface area contributed by atoms with E-state index in [1.54, 1.807) is 18.2 Å². The number of nitrogens with two attached hydrogens (primary N) is 1. The van der Waals surface area contributed by atoms with Crippen molar-refractivity contribution >= 4 is 71.7 Å². The van der Waals surface area contributed by atoms with Gasteiger partial charge in [0.15, 0.2) is 0 Å². The van der Waals surface area contributed by atoms with Crippen molar-refractivity contribution in [1.29, 1.82) is 0 Å². The third kappa shape index (κ3) is 3.70. The van der Waals surface area contributed by atoms with E-state index >= 15 is 0 Å². The Kier molecular flexibility index (Phi) is 4.86. The number of hydrogen-bond acceptors (Lipinski definition) is 2. The summed E-state index contributed by atoms with van der Waals surface area (Å²) in [6.07, 6.45) is 0. The van der Waals surface area contributed by atoms with Gasteiger partial charge in [-0.2, -0.15) is 0 Å². The number of nitrogens with one attached hydrogen (secondary N) is 1. The monoisotopic (exact) mass is 494 g/mol. The molecule has 0 aromatic heterocycles. The molecule has 2 aromatic carbocycles. The van der Waals surface area contributed by atoms with Crippen LogP contribution in [-0.2, 0) is 0 Å². The molecule has 98 valence electrons. The van der Waals surface area contributed by atoms with E-state index in [-0.39, 0.29) is 5.91 Å². The summed E-state index contributed by atoms with van der Waals surface area (Å²) in [4.78, 5) is 12.2. The first kappa shape index (κ1) is 14.8. The van der Waals surface area contributed by atoms with E-state index in [1.165, 1.54) is 0 Å². The average Bonchev–Trinajstić information content (AvgIpc) is 2.35. The summed E-state index contributed by atoms with van der Waals surface area (Å²) in [6, 6.07) is 10.9. The second kappa shape index (κ2) is 6.23. The van der Waals surface area contributed by atoms with Gasteiger partial charge in [-0.15, -0.1) is 0 Å². The molecule has 0 fully saturated rings. The molecule has 0 unspecified atom stereocenters. The molecule has 19 heavy (non-hydrogen) atoms. The lowest BCUT2D eigenvalue weighted by Crippen LogP contribution is -2.14. The molecule has 2 rings (SSSR count). The van der Waals surface area contributed by atoms with E-state index in [1.807, 2.05) is 18.2 Å². The summed E-state index contributed by atoms with van der Waals surface area (Å²) in [7, 11) is 0. The summed E-state index contributed by atoms with van der Waals surface area (Å²) in [6.45, 7) is 0. The number of anilines is 2. The fourth-order valence-electron chi connectivity index (χ4n) is 1.51. The summed E-state index contributed by atoms with van der Waals surface area (Å²) >= 11 is 8.82. The molecular formula is C13H9Br2IN2O. The van der Waals surface area contributed by atoms with Crippen LogP contribution < -0.4 is 11.1 Å². The summed E-state index contributed by atoms with van der Waals surface area (Å²) < 4.78 is 2.62. The molecule has 0 spiro atoms. The number of carbonyl (C=O) groups excluding carboxylic acids is 1. The number of halogens is 3. The highest BCUT2D eigenvalue weighted by Gasteiger charge is 2.12. The molecule has 3 nitrogen and oxygen atoms in total. The second-order valence-electron chi connectivity index (χ2n) is 3.81. The van der Waals surface area contributed by atoms with Crippen LogP contribution >= 0.6 is 54.5 Å². The van der Waals surface area contributed by atoms with Gasteiger partial charge in [0.05, 0.1) is 16.9 Å². The Morgan fingerprint density at radius 3 is 2.42 bits per heavy atom. The van der Waals surface area contributed by atoms with Gasteiger partial charge < -0.3 is 11.1 Å². The highest BCUT2D eigenvalue weighted by molar-refractivity contribution is 14.1. The molecule has 0 aliphatic heterocycles. The van der Waals surface area contributed by atoms with Crippen LogP contribution in [0.25, 0.3) is 0 Å². The average molecular weight is 496 g/mol. The number of amides is 1. The van der Waals surface area contributed by atoms with Gasteiger partial charge in [-0.05, 0) is 59.0 Å². The van der Waals surface area contributed by atoms with Crippen LogP contribution in [0.15, 0.2) is 45.3 Å². The highest BCUT2D eigenvalue weighted by atomic mass is 127. The molecule has 0 saturated heterocycles. The van der Waals surface area contributed by atoms with Crippen molar-refractivity contribution in [2.75, 3.05) is 11.1 Å². The number of carbonyl (C=O) groups is 1. The van der Waals surface area contributed by atoms with Crippen molar-refractivity contribution in [3.63, 3.8) is 0 Å². The maximum Gasteiger partial charge on any atom is 0.256 e. The van der Waals surface area contributed by atoms with Gasteiger partial charge in [0, 0.05) is 12.5 Å². The molecule has 6 heteroatoms. The van der Waals surface area contributed by atoms with E-state index in [0.717, 1.165) is 12.5 Å². The number of benzene rings is 2. The second-order valence-corrected chi connectivity index (χ2v) is 6.80. The van der Waals surface area contributed by atoms with Crippen LogP contribution in [0.5, 0.6) is 0 Å². The quantitative estimate of drug-likeness (QED) is 0.471. The Morgan fingerprint density at radius 1 is 1.11 bits per heavy atom. The molecule has 0 atom stereocenters. The fourth-order valence-corrected chi connectivity index (χ4v) is 2.83. The largest absolute Gasteiger partial charge is 0.397 e. The van der Waals surface area contributed by atoms with E-state index in [0.29, 0.717) is 16.9 Å². The highest BCUT2D eigenvalue weighted by Crippen LogP contribution is 2.25. The van der Waals surface area contributed by atoms with Crippen molar-refractivity contribution < 1.29 is 4.79 Å². The Bertz CT molecular complexity index is 647. The Balaban J connectivity index is 2.28. The first-order valence-corrected chi connectivity index (χ1v) is 7.95. The van der Waals surface area contributed by atoms with Gasteiger partial charge in [0.1, 0.15) is 0 Å². The van der Waals surface area contributed by atoms with E-state index in [2.05, 4.69) is 59.8 Å². The normalized spacial score (nSPS) is 10.3. The maximum absolute atomic E-state index is 12.2. The van der Waals surface area contributed by atoms with Gasteiger partial charge in [-0.25, -0.2) is 0 Å². The Hall–Kier alpha value is -0.600. The minimum Gasteiger partial charge on any atom is -0.397 e. The van der Waals surface area contributed by atoms with Gasteiger partial charge in [0.2, 0.25) is 0 Å². The predicted molar refractivity (Wildman–Crippen MR) is 93.4 cm³/mol. The van der Waals surface area contributed by atoms with Crippen molar-refractivity contribution in [3.8, 4) is 0 Å². The summed E-state index contributed by atoms with van der Waals surface area (Å²) in [5.41, 5.74) is 7.59. The molecule has 0 heterocycles. The van der Waals surface area contributed by atoms with Crippen molar-refractivity contribution in [3.05, 3.63) is 54.5 Å². The molecule has 2 aromatic rings. The number of hydrogen-bond donors (Lipinski definition) is 2. The molecule has 0 bridgehead atoms. The third-order valence-electron chi connectivity index (χ3n) is 2.43. The topological polar surface area (TPSA) is 55.1 Å². The lowest BCUT2D eigenvalue weighted by atomic mass is 10.2.